The van der Waals surface area contributed by atoms with Crippen molar-refractivity contribution in [1.29, 1.82) is 0 Å². The van der Waals surface area contributed by atoms with Gasteiger partial charge in [-0.25, -0.2) is 0 Å². The molecule has 3 nitrogen and oxygen atoms in total. The lowest BCUT2D eigenvalue weighted by atomic mass is 10.2. The average molecular weight is 349 g/mol. The molecule has 0 aliphatic heterocycles. The summed E-state index contributed by atoms with van der Waals surface area (Å²) in [5.74, 6) is 0.908. The normalized spacial score (nSPS) is 10.5. The van der Waals surface area contributed by atoms with Crippen LogP contribution in [0.1, 0.15) is 5.56 Å². The first-order chi connectivity index (χ1) is 7.24. The van der Waals surface area contributed by atoms with Crippen LogP contribution in [0.15, 0.2) is 28.6 Å². The van der Waals surface area contributed by atoms with Gasteiger partial charge in [0.1, 0.15) is 0 Å². The molecule has 0 spiro atoms. The molecule has 6 heteroatoms. The Bertz CT molecular complexity index is 441. The molecule has 2 N–H and O–H groups in total. The Balaban J connectivity index is 1.96. The second-order valence-electron chi connectivity index (χ2n) is 2.82. The van der Waals surface area contributed by atoms with E-state index in [2.05, 4.69) is 57.1 Å². The SMILES string of the molecule is Nc1nnc(SCc2ccc(I)cc2)s1. The van der Waals surface area contributed by atoms with E-state index in [-0.39, 0.29) is 0 Å². The van der Waals surface area contributed by atoms with E-state index in [0.29, 0.717) is 5.13 Å². The molecular formula is C9H8IN3S2. The number of anilines is 1. The number of hydrogen-bond donors (Lipinski definition) is 1. The quantitative estimate of drug-likeness (QED) is 0.684. The van der Waals surface area contributed by atoms with Gasteiger partial charge in [-0.05, 0) is 40.3 Å². The smallest absolute Gasteiger partial charge is 0.203 e. The van der Waals surface area contributed by atoms with E-state index in [1.807, 2.05) is 0 Å². The third-order valence-electron chi connectivity index (χ3n) is 1.70. The average Bonchev–Trinajstić information content (AvgIpc) is 2.64. The number of hydrogen-bond acceptors (Lipinski definition) is 5. The number of thioether (sulfide) groups is 1. The first-order valence-electron chi connectivity index (χ1n) is 4.20. The van der Waals surface area contributed by atoms with E-state index in [0.717, 1.165) is 10.1 Å². The van der Waals surface area contributed by atoms with Crippen LogP contribution >= 0.6 is 45.7 Å². The molecule has 2 aromatic rings. The summed E-state index contributed by atoms with van der Waals surface area (Å²) in [7, 11) is 0. The number of nitrogen functional groups attached to an aromatic ring is 1. The maximum Gasteiger partial charge on any atom is 0.203 e. The Morgan fingerprint density at radius 2 is 2.00 bits per heavy atom. The topological polar surface area (TPSA) is 51.8 Å². The van der Waals surface area contributed by atoms with Gasteiger partial charge in [-0.3, -0.25) is 0 Å². The summed E-state index contributed by atoms with van der Waals surface area (Å²) in [4.78, 5) is 0. The van der Waals surface area contributed by atoms with Crippen LogP contribution in [0.4, 0.5) is 5.13 Å². The molecule has 0 unspecified atom stereocenters. The standard InChI is InChI=1S/C9H8IN3S2/c10-7-3-1-6(2-4-7)5-14-9-13-12-8(11)15-9/h1-4H,5H2,(H2,11,12). The van der Waals surface area contributed by atoms with Crippen LogP contribution in [0.2, 0.25) is 0 Å². The van der Waals surface area contributed by atoms with Crippen molar-refractivity contribution in [3.8, 4) is 0 Å². The molecule has 0 saturated carbocycles. The van der Waals surface area contributed by atoms with Gasteiger partial charge < -0.3 is 5.73 Å². The second kappa shape index (κ2) is 5.13. The van der Waals surface area contributed by atoms with Crippen LogP contribution < -0.4 is 5.73 Å². The maximum absolute atomic E-state index is 5.50. The van der Waals surface area contributed by atoms with E-state index in [1.165, 1.54) is 20.5 Å². The largest absolute Gasteiger partial charge is 0.374 e. The lowest BCUT2D eigenvalue weighted by Crippen LogP contribution is -1.81. The predicted molar refractivity (Wildman–Crippen MR) is 73.0 cm³/mol. The van der Waals surface area contributed by atoms with Gasteiger partial charge in [-0.2, -0.15) is 0 Å². The van der Waals surface area contributed by atoms with Crippen LogP contribution in [-0.2, 0) is 5.75 Å². The molecular weight excluding hydrogens is 341 g/mol. The molecule has 2 rings (SSSR count). The third-order valence-corrected chi connectivity index (χ3v) is 4.37. The molecule has 0 bridgehead atoms. The lowest BCUT2D eigenvalue weighted by molar-refractivity contribution is 1.02. The number of benzene rings is 1. The first-order valence-corrected chi connectivity index (χ1v) is 7.08. The van der Waals surface area contributed by atoms with E-state index >= 15 is 0 Å². The van der Waals surface area contributed by atoms with E-state index < -0.39 is 0 Å². The second-order valence-corrected chi connectivity index (χ2v) is 6.30. The van der Waals surface area contributed by atoms with Crippen LogP contribution in [0, 0.1) is 3.57 Å². The molecule has 78 valence electrons. The molecule has 1 aromatic carbocycles. The van der Waals surface area contributed by atoms with Gasteiger partial charge in [-0.15, -0.1) is 10.2 Å². The van der Waals surface area contributed by atoms with Gasteiger partial charge >= 0.3 is 0 Å². The van der Waals surface area contributed by atoms with Crippen LogP contribution in [-0.4, -0.2) is 10.2 Å². The van der Waals surface area contributed by atoms with Crippen molar-refractivity contribution < 1.29 is 0 Å². The van der Waals surface area contributed by atoms with Crippen molar-refractivity contribution in [2.75, 3.05) is 5.73 Å². The summed E-state index contributed by atoms with van der Waals surface area (Å²) >= 11 is 5.39. The molecule has 0 atom stereocenters. The molecule has 0 aliphatic carbocycles. The summed E-state index contributed by atoms with van der Waals surface area (Å²) in [5.41, 5.74) is 6.78. The van der Waals surface area contributed by atoms with Gasteiger partial charge in [0.2, 0.25) is 5.13 Å². The first kappa shape index (κ1) is 11.2. The van der Waals surface area contributed by atoms with E-state index in [9.17, 15) is 0 Å². The van der Waals surface area contributed by atoms with Crippen molar-refractivity contribution >= 4 is 50.8 Å². The van der Waals surface area contributed by atoms with Crippen molar-refractivity contribution in [1.82, 2.24) is 10.2 Å². The minimum atomic E-state index is 0.528. The number of halogens is 1. The number of nitrogens with two attached hydrogens (primary N) is 1. The Kier molecular flexibility index (Phi) is 3.81. The summed E-state index contributed by atoms with van der Waals surface area (Å²) < 4.78 is 2.17. The number of nitrogens with zero attached hydrogens (tertiary/aromatic N) is 2. The minimum absolute atomic E-state index is 0.528. The Morgan fingerprint density at radius 1 is 1.27 bits per heavy atom. The molecule has 0 amide bonds. The Hall–Kier alpha value is -0.340. The molecule has 0 saturated heterocycles. The van der Waals surface area contributed by atoms with Crippen molar-refractivity contribution in [3.05, 3.63) is 33.4 Å². The summed E-state index contributed by atoms with van der Waals surface area (Å²) in [6, 6.07) is 8.45. The predicted octanol–water partition coefficient (Wildman–Crippen LogP) is 3.02. The van der Waals surface area contributed by atoms with Gasteiger partial charge in [0.15, 0.2) is 4.34 Å². The fourth-order valence-electron chi connectivity index (χ4n) is 1.00. The Labute approximate surface area is 110 Å². The highest BCUT2D eigenvalue weighted by Gasteiger charge is 2.02. The summed E-state index contributed by atoms with van der Waals surface area (Å²) in [6.45, 7) is 0. The third kappa shape index (κ3) is 3.32. The van der Waals surface area contributed by atoms with Crippen molar-refractivity contribution in [2.24, 2.45) is 0 Å². The highest BCUT2D eigenvalue weighted by atomic mass is 127. The van der Waals surface area contributed by atoms with Crippen molar-refractivity contribution in [2.45, 2.75) is 10.1 Å². The van der Waals surface area contributed by atoms with Gasteiger partial charge in [0.25, 0.3) is 0 Å². The van der Waals surface area contributed by atoms with Gasteiger partial charge in [-0.1, -0.05) is 35.2 Å². The summed E-state index contributed by atoms with van der Waals surface area (Å²) in [5, 5.41) is 8.25. The van der Waals surface area contributed by atoms with Crippen molar-refractivity contribution in [3.63, 3.8) is 0 Å². The van der Waals surface area contributed by atoms with Crippen LogP contribution in [0.3, 0.4) is 0 Å². The zero-order valence-corrected chi connectivity index (χ0v) is 11.5. The van der Waals surface area contributed by atoms with Gasteiger partial charge in [0.05, 0.1) is 0 Å². The fraction of sp³-hybridized carbons (Fsp3) is 0.111. The highest BCUT2D eigenvalue weighted by molar-refractivity contribution is 14.1. The minimum Gasteiger partial charge on any atom is -0.374 e. The van der Waals surface area contributed by atoms with Crippen LogP contribution in [0.25, 0.3) is 0 Å². The summed E-state index contributed by atoms with van der Waals surface area (Å²) in [6.07, 6.45) is 0. The fourth-order valence-corrected chi connectivity index (χ4v) is 2.96. The van der Waals surface area contributed by atoms with E-state index in [4.69, 9.17) is 5.73 Å². The highest BCUT2D eigenvalue weighted by Crippen LogP contribution is 2.26. The number of aromatic nitrogens is 2. The molecule has 0 aliphatic rings. The molecule has 15 heavy (non-hydrogen) atoms. The maximum atomic E-state index is 5.50. The number of rotatable bonds is 3. The zero-order valence-electron chi connectivity index (χ0n) is 7.68. The molecule has 1 aromatic heterocycles. The Morgan fingerprint density at radius 3 is 2.60 bits per heavy atom. The lowest BCUT2D eigenvalue weighted by Gasteiger charge is -1.98. The monoisotopic (exact) mass is 349 g/mol. The van der Waals surface area contributed by atoms with Crippen LogP contribution in [0.5, 0.6) is 0 Å². The molecule has 0 fully saturated rings. The van der Waals surface area contributed by atoms with E-state index in [1.54, 1.807) is 11.8 Å². The zero-order chi connectivity index (χ0) is 10.7. The molecule has 0 radical (unpaired) electrons. The molecule has 1 heterocycles. The van der Waals surface area contributed by atoms with Gasteiger partial charge in [0, 0.05) is 9.32 Å².